The molecule has 0 aromatic carbocycles. The van der Waals surface area contributed by atoms with E-state index in [1.54, 1.807) is 6.08 Å². The Hall–Kier alpha value is -3.68. The lowest BCUT2D eigenvalue weighted by atomic mass is 9.99. The van der Waals surface area contributed by atoms with E-state index in [0.29, 0.717) is 12.8 Å². The Labute approximate surface area is 558 Å². The predicted octanol–water partition coefficient (Wildman–Crippen LogP) is 20.0. The van der Waals surface area contributed by atoms with Gasteiger partial charge >= 0.3 is 5.97 Å². The molecular formula is C80H139NO10. The van der Waals surface area contributed by atoms with E-state index in [-0.39, 0.29) is 19.4 Å². The van der Waals surface area contributed by atoms with Crippen LogP contribution in [0.15, 0.2) is 109 Å². The number of unbranched alkanes of at least 4 members (excludes halogenated alkanes) is 34. The highest BCUT2D eigenvalue weighted by Crippen LogP contribution is 2.26. The lowest BCUT2D eigenvalue weighted by Crippen LogP contribution is -2.61. The summed E-state index contributed by atoms with van der Waals surface area (Å²) in [6.45, 7) is 5.75. The van der Waals surface area contributed by atoms with Crippen molar-refractivity contribution in [1.82, 2.24) is 5.32 Å². The molecule has 6 N–H and O–H groups in total. The third-order valence-corrected chi connectivity index (χ3v) is 17.1. The molecule has 1 fully saturated rings. The molecule has 11 heteroatoms. The standard InChI is InChI=1S/C80H139NO10/c1-4-7-10-13-16-19-22-24-26-28-30-32-34-36-37-38-40-42-44-46-48-50-53-56-59-62-65-68-75(85)91-78-77(87)76(86)74(69-82)90-80(78)89-70-71(72(83)66-63-60-57-54-51-21-18-15-12-9-6-3)81-79(88)73(84)67-64-61-58-55-52-49-47-45-43-41-39-35-33-31-29-27-25-23-20-17-14-11-8-5-2/h16-17,19-20,24-27,30-33,36-37,39,41,63,66,71-74,76-78,80,82-84,86-87H,4-15,18,21-23,28-29,34-35,38,40,42-62,64-65,67-70H2,1-3H3,(H,81,88)/b19-16-,20-17-,26-24-,27-25-,32-30-,33-31-,37-36-,41-39-,66-63+. The molecule has 0 radical (unpaired) electrons. The van der Waals surface area contributed by atoms with Crippen LogP contribution in [0.5, 0.6) is 0 Å². The summed E-state index contributed by atoms with van der Waals surface area (Å²) in [6.07, 6.45) is 81.2. The van der Waals surface area contributed by atoms with E-state index in [9.17, 15) is 35.1 Å². The van der Waals surface area contributed by atoms with Gasteiger partial charge in [-0.2, -0.15) is 0 Å². The molecule has 1 aliphatic rings. The molecule has 91 heavy (non-hydrogen) atoms. The third-order valence-electron chi connectivity index (χ3n) is 17.1. The Morgan fingerprint density at radius 3 is 1.15 bits per heavy atom. The second kappa shape index (κ2) is 66.3. The molecule has 11 nitrogen and oxygen atoms in total. The SMILES string of the molecule is CCCCC/C=C\C/C=C\C/C=C\C/C=C\CCCCCCCCCCCCCC(=O)OC1C(OCC(NC(=O)C(O)CCCCCCCCCC/C=C\C/C=C\C/C=C\C/C=C\CCCCC)C(O)/C=C/CCCCCCCCCCC)OC(CO)C(O)C1O. The smallest absolute Gasteiger partial charge is 0.306 e. The van der Waals surface area contributed by atoms with Crippen molar-refractivity contribution in [2.24, 2.45) is 0 Å². The topological polar surface area (TPSA) is 175 Å². The number of aliphatic hydroxyl groups excluding tert-OH is 5. The molecule has 1 aliphatic heterocycles. The highest BCUT2D eigenvalue weighted by Gasteiger charge is 2.47. The van der Waals surface area contributed by atoms with Crippen molar-refractivity contribution in [2.45, 2.75) is 372 Å². The summed E-state index contributed by atoms with van der Waals surface area (Å²) in [5, 5.41) is 57.3. The number of allylic oxidation sites excluding steroid dienone is 17. The van der Waals surface area contributed by atoms with Gasteiger partial charge in [0, 0.05) is 6.42 Å². The van der Waals surface area contributed by atoms with Crippen LogP contribution >= 0.6 is 0 Å². The first kappa shape index (κ1) is 85.3. The van der Waals surface area contributed by atoms with Crippen molar-refractivity contribution in [3.8, 4) is 0 Å². The van der Waals surface area contributed by atoms with E-state index >= 15 is 0 Å². The Morgan fingerprint density at radius 1 is 0.429 bits per heavy atom. The van der Waals surface area contributed by atoms with Crippen LogP contribution in [-0.2, 0) is 23.8 Å². The number of amides is 1. The molecule has 0 bridgehead atoms. The van der Waals surface area contributed by atoms with E-state index in [1.807, 2.05) is 6.08 Å². The van der Waals surface area contributed by atoms with E-state index in [1.165, 1.54) is 167 Å². The van der Waals surface area contributed by atoms with E-state index in [2.05, 4.69) is 123 Å². The number of carbonyl (C=O) groups is 2. The summed E-state index contributed by atoms with van der Waals surface area (Å²) in [5.74, 6) is -1.20. The monoisotopic (exact) mass is 1270 g/mol. The van der Waals surface area contributed by atoms with Gasteiger partial charge in [0.05, 0.1) is 25.4 Å². The summed E-state index contributed by atoms with van der Waals surface area (Å²) in [6, 6.07) is -1.04. The van der Waals surface area contributed by atoms with Crippen molar-refractivity contribution in [1.29, 1.82) is 0 Å². The van der Waals surface area contributed by atoms with Gasteiger partial charge < -0.3 is 45.1 Å². The molecule has 0 aromatic heterocycles. The average molecular weight is 1270 g/mol. The maximum atomic E-state index is 13.5. The molecule has 0 aromatic rings. The van der Waals surface area contributed by atoms with Crippen LogP contribution in [-0.4, -0.2) is 99.6 Å². The van der Waals surface area contributed by atoms with Gasteiger partial charge in [0.2, 0.25) is 5.91 Å². The first-order valence-electron chi connectivity index (χ1n) is 37.7. The number of esters is 1. The average Bonchev–Trinajstić information content (AvgIpc) is 1.14. The van der Waals surface area contributed by atoms with Gasteiger partial charge in [0.15, 0.2) is 12.4 Å². The number of aliphatic hydroxyl groups is 5. The highest BCUT2D eigenvalue weighted by molar-refractivity contribution is 5.80. The lowest BCUT2D eigenvalue weighted by molar-refractivity contribution is -0.305. The molecule has 8 atom stereocenters. The maximum absolute atomic E-state index is 13.5. The van der Waals surface area contributed by atoms with Crippen LogP contribution in [0.2, 0.25) is 0 Å². The minimum atomic E-state index is -1.62. The maximum Gasteiger partial charge on any atom is 0.306 e. The normalized spacial score (nSPS) is 18.6. The number of nitrogens with one attached hydrogen (secondary N) is 1. The number of rotatable bonds is 64. The lowest BCUT2D eigenvalue weighted by Gasteiger charge is -2.41. The molecule has 1 rings (SSSR count). The second-order valence-corrected chi connectivity index (χ2v) is 25.7. The van der Waals surface area contributed by atoms with Crippen LogP contribution in [0.25, 0.3) is 0 Å². The van der Waals surface area contributed by atoms with Crippen LogP contribution in [0.3, 0.4) is 0 Å². The van der Waals surface area contributed by atoms with Crippen LogP contribution in [0.1, 0.15) is 323 Å². The molecule has 0 aliphatic carbocycles. The summed E-state index contributed by atoms with van der Waals surface area (Å²) in [4.78, 5) is 26.7. The van der Waals surface area contributed by atoms with Gasteiger partial charge in [0.1, 0.15) is 24.4 Å². The molecule has 8 unspecified atom stereocenters. The minimum Gasteiger partial charge on any atom is -0.454 e. The van der Waals surface area contributed by atoms with Crippen molar-refractivity contribution >= 4 is 11.9 Å². The summed E-state index contributed by atoms with van der Waals surface area (Å²) in [7, 11) is 0. The Morgan fingerprint density at radius 2 is 0.758 bits per heavy atom. The molecule has 1 amide bonds. The van der Waals surface area contributed by atoms with Gasteiger partial charge in [0.25, 0.3) is 0 Å². The van der Waals surface area contributed by atoms with Gasteiger partial charge in [-0.05, 0) is 116 Å². The number of hydrogen-bond donors (Lipinski definition) is 6. The number of carbonyl (C=O) groups excluding carboxylic acids is 2. The molecule has 1 heterocycles. The Bertz CT molecular complexity index is 1900. The van der Waals surface area contributed by atoms with Gasteiger partial charge in [-0.25, -0.2) is 0 Å². The zero-order chi connectivity index (χ0) is 66.0. The molecule has 0 spiro atoms. The first-order chi connectivity index (χ1) is 44.7. The summed E-state index contributed by atoms with van der Waals surface area (Å²) < 4.78 is 17.7. The van der Waals surface area contributed by atoms with E-state index in [4.69, 9.17) is 14.2 Å². The Balaban J connectivity index is 2.53. The van der Waals surface area contributed by atoms with Crippen molar-refractivity contribution in [3.63, 3.8) is 0 Å². The van der Waals surface area contributed by atoms with Gasteiger partial charge in [-0.15, -0.1) is 0 Å². The van der Waals surface area contributed by atoms with Gasteiger partial charge in [-0.1, -0.05) is 310 Å². The minimum absolute atomic E-state index is 0.114. The van der Waals surface area contributed by atoms with Crippen LogP contribution < -0.4 is 5.32 Å². The largest absolute Gasteiger partial charge is 0.454 e. The zero-order valence-corrected chi connectivity index (χ0v) is 58.4. The van der Waals surface area contributed by atoms with E-state index in [0.717, 1.165) is 109 Å². The van der Waals surface area contributed by atoms with Crippen molar-refractivity contribution in [2.75, 3.05) is 13.2 Å². The summed E-state index contributed by atoms with van der Waals surface area (Å²) >= 11 is 0. The molecule has 0 saturated carbocycles. The van der Waals surface area contributed by atoms with Crippen molar-refractivity contribution in [3.05, 3.63) is 109 Å². The second-order valence-electron chi connectivity index (χ2n) is 25.7. The number of ether oxygens (including phenoxy) is 3. The molecule has 524 valence electrons. The molecule has 1 saturated heterocycles. The fourth-order valence-electron chi connectivity index (χ4n) is 11.2. The van der Waals surface area contributed by atoms with E-state index < -0.39 is 67.4 Å². The van der Waals surface area contributed by atoms with Crippen molar-refractivity contribution < 1.29 is 49.3 Å². The predicted molar refractivity (Wildman–Crippen MR) is 384 cm³/mol. The molecular weight excluding hydrogens is 1130 g/mol. The fraction of sp³-hybridized carbons (Fsp3) is 0.750. The Kier molecular flexibility index (Phi) is 62.2. The third kappa shape index (κ3) is 53.3. The highest BCUT2D eigenvalue weighted by atomic mass is 16.7. The summed E-state index contributed by atoms with van der Waals surface area (Å²) in [5.41, 5.74) is 0. The fourth-order valence-corrected chi connectivity index (χ4v) is 11.2. The van der Waals surface area contributed by atoms with Gasteiger partial charge in [-0.3, -0.25) is 9.59 Å². The number of hydrogen-bond acceptors (Lipinski definition) is 10. The quantitative estimate of drug-likeness (QED) is 0.0195. The first-order valence-corrected chi connectivity index (χ1v) is 37.7. The van der Waals surface area contributed by atoms with Crippen LogP contribution in [0.4, 0.5) is 0 Å². The van der Waals surface area contributed by atoms with Crippen LogP contribution in [0, 0.1) is 0 Å². The zero-order valence-electron chi connectivity index (χ0n) is 58.4.